The molecule has 0 aliphatic carbocycles. The van der Waals surface area contributed by atoms with Crippen LogP contribution in [0.15, 0.2) is 42.6 Å². The van der Waals surface area contributed by atoms with Gasteiger partial charge in [0.2, 0.25) is 0 Å². The molecule has 0 unspecified atom stereocenters. The molecule has 0 spiro atoms. The first-order valence-electron chi connectivity index (χ1n) is 8.00. The van der Waals surface area contributed by atoms with Gasteiger partial charge in [-0.05, 0) is 62.3 Å². The average molecular weight is 295 g/mol. The second kappa shape index (κ2) is 6.41. The van der Waals surface area contributed by atoms with E-state index in [0.29, 0.717) is 0 Å². The molecule has 2 heterocycles. The van der Waals surface area contributed by atoms with Crippen LogP contribution in [0.3, 0.4) is 0 Å². The van der Waals surface area contributed by atoms with Crippen molar-refractivity contribution >= 4 is 11.3 Å². The maximum absolute atomic E-state index is 3.27. The summed E-state index contributed by atoms with van der Waals surface area (Å²) in [4.78, 5) is 2.23. The summed E-state index contributed by atoms with van der Waals surface area (Å²) in [6.45, 7) is 2.13. The molecular formula is C19H25N3. The second-order valence-electron chi connectivity index (χ2n) is 6.17. The van der Waals surface area contributed by atoms with E-state index < -0.39 is 0 Å². The second-order valence-corrected chi connectivity index (χ2v) is 6.17. The molecule has 1 aliphatic heterocycles. The first-order valence-corrected chi connectivity index (χ1v) is 8.00. The largest absolute Gasteiger partial charge is 0.388 e. The molecule has 1 aromatic heterocycles. The lowest BCUT2D eigenvalue weighted by Gasteiger charge is -2.13. The monoisotopic (exact) mass is 295 g/mol. The van der Waals surface area contributed by atoms with Crippen LogP contribution in [0.4, 0.5) is 5.69 Å². The molecule has 1 aromatic carbocycles. The molecule has 22 heavy (non-hydrogen) atoms. The van der Waals surface area contributed by atoms with E-state index in [1.165, 1.54) is 28.1 Å². The van der Waals surface area contributed by atoms with E-state index in [0.717, 1.165) is 25.9 Å². The van der Waals surface area contributed by atoms with Crippen LogP contribution in [0, 0.1) is 0 Å². The van der Waals surface area contributed by atoms with E-state index in [1.54, 1.807) is 0 Å². The summed E-state index contributed by atoms with van der Waals surface area (Å²) in [5.41, 5.74) is 6.71. The molecule has 1 N–H and O–H groups in total. The minimum atomic E-state index is 1.05. The molecule has 0 fully saturated rings. The quantitative estimate of drug-likeness (QED) is 0.932. The average Bonchev–Trinajstić information content (AvgIpc) is 2.92. The van der Waals surface area contributed by atoms with Crippen molar-refractivity contribution in [3.05, 3.63) is 59.4 Å². The van der Waals surface area contributed by atoms with Gasteiger partial charge in [0.15, 0.2) is 0 Å². The molecule has 3 nitrogen and oxygen atoms in total. The molecule has 0 radical (unpaired) electrons. The third-order valence-electron chi connectivity index (χ3n) is 4.34. The minimum absolute atomic E-state index is 1.05. The Morgan fingerprint density at radius 2 is 2.14 bits per heavy atom. The van der Waals surface area contributed by atoms with Crippen molar-refractivity contribution in [2.24, 2.45) is 0 Å². The van der Waals surface area contributed by atoms with E-state index >= 15 is 0 Å². The number of hydrogen-bond acceptors (Lipinski definition) is 2. The highest BCUT2D eigenvalue weighted by Crippen LogP contribution is 2.32. The van der Waals surface area contributed by atoms with Crippen molar-refractivity contribution in [3.8, 4) is 0 Å². The van der Waals surface area contributed by atoms with E-state index in [-0.39, 0.29) is 0 Å². The zero-order chi connectivity index (χ0) is 15.5. The Hall–Kier alpha value is -2.00. The molecule has 0 amide bonds. The lowest BCUT2D eigenvalue weighted by Crippen LogP contribution is -2.12. The standard InChI is InChI=1S/C19H25N3/c1-20-16-9-8-15-10-13-22-12-5-7-19(22)17(18(15)14-16)6-4-11-21(2)3/h5-9,12,14,20H,4,10-11,13H2,1-3H3/b17-6+. The summed E-state index contributed by atoms with van der Waals surface area (Å²) in [5, 5.41) is 3.27. The maximum atomic E-state index is 3.27. The first-order chi connectivity index (χ1) is 10.7. The van der Waals surface area contributed by atoms with Gasteiger partial charge in [0.1, 0.15) is 0 Å². The highest BCUT2D eigenvalue weighted by atomic mass is 15.0. The Morgan fingerprint density at radius 1 is 1.27 bits per heavy atom. The van der Waals surface area contributed by atoms with Crippen LogP contribution in [-0.2, 0) is 13.0 Å². The summed E-state index contributed by atoms with van der Waals surface area (Å²) in [6, 6.07) is 11.1. The number of nitrogens with one attached hydrogen (secondary N) is 1. The fraction of sp³-hybridized carbons (Fsp3) is 0.368. The summed E-state index contributed by atoms with van der Waals surface area (Å²) >= 11 is 0. The van der Waals surface area contributed by atoms with Crippen LogP contribution in [0.25, 0.3) is 5.57 Å². The van der Waals surface area contributed by atoms with Crippen LogP contribution in [-0.4, -0.2) is 37.2 Å². The Balaban J connectivity index is 2.06. The number of benzene rings is 1. The van der Waals surface area contributed by atoms with Crippen LogP contribution >= 0.6 is 0 Å². The predicted molar refractivity (Wildman–Crippen MR) is 94.4 cm³/mol. The normalized spacial score (nSPS) is 15.5. The predicted octanol–water partition coefficient (Wildman–Crippen LogP) is 3.47. The first kappa shape index (κ1) is 14.9. The van der Waals surface area contributed by atoms with Gasteiger partial charge in [-0.15, -0.1) is 0 Å². The molecule has 116 valence electrons. The third kappa shape index (κ3) is 2.95. The molecule has 3 heteroatoms. The Labute approximate surface area is 133 Å². The molecular weight excluding hydrogens is 270 g/mol. The topological polar surface area (TPSA) is 20.2 Å². The van der Waals surface area contributed by atoms with Gasteiger partial charge in [-0.25, -0.2) is 0 Å². The van der Waals surface area contributed by atoms with E-state index in [4.69, 9.17) is 0 Å². The lowest BCUT2D eigenvalue weighted by atomic mass is 9.95. The molecule has 2 aromatic rings. The molecule has 0 bridgehead atoms. The van der Waals surface area contributed by atoms with Crippen LogP contribution < -0.4 is 5.32 Å². The SMILES string of the molecule is CNc1ccc2c(c1)/C(=C\CCN(C)C)c1cccn1CC2. The van der Waals surface area contributed by atoms with Gasteiger partial charge in [0.05, 0.1) is 0 Å². The third-order valence-corrected chi connectivity index (χ3v) is 4.34. The Bertz CT molecular complexity index is 680. The number of rotatable bonds is 4. The van der Waals surface area contributed by atoms with Gasteiger partial charge in [-0.2, -0.15) is 0 Å². The fourth-order valence-corrected chi connectivity index (χ4v) is 3.11. The number of aromatic nitrogens is 1. The number of hydrogen-bond donors (Lipinski definition) is 1. The molecule has 3 rings (SSSR count). The van der Waals surface area contributed by atoms with Gasteiger partial charge >= 0.3 is 0 Å². The Morgan fingerprint density at radius 3 is 2.91 bits per heavy atom. The van der Waals surface area contributed by atoms with Crippen LogP contribution in [0.1, 0.15) is 23.2 Å². The number of nitrogens with zero attached hydrogens (tertiary/aromatic N) is 2. The van der Waals surface area contributed by atoms with Gasteiger partial charge in [-0.1, -0.05) is 12.1 Å². The van der Waals surface area contributed by atoms with Gasteiger partial charge in [0, 0.05) is 43.3 Å². The van der Waals surface area contributed by atoms with Crippen molar-refractivity contribution < 1.29 is 0 Å². The number of fused-ring (bicyclic) bond motifs is 2. The van der Waals surface area contributed by atoms with E-state index in [2.05, 4.69) is 71.5 Å². The lowest BCUT2D eigenvalue weighted by molar-refractivity contribution is 0.417. The van der Waals surface area contributed by atoms with Crippen molar-refractivity contribution in [2.75, 3.05) is 33.0 Å². The highest BCUT2D eigenvalue weighted by molar-refractivity contribution is 5.82. The van der Waals surface area contributed by atoms with Gasteiger partial charge in [0.25, 0.3) is 0 Å². The highest BCUT2D eigenvalue weighted by Gasteiger charge is 2.17. The van der Waals surface area contributed by atoms with Crippen molar-refractivity contribution in [2.45, 2.75) is 19.4 Å². The summed E-state index contributed by atoms with van der Waals surface area (Å²) < 4.78 is 2.38. The van der Waals surface area contributed by atoms with Crippen molar-refractivity contribution in [1.29, 1.82) is 0 Å². The molecule has 1 aliphatic rings. The molecule has 0 saturated heterocycles. The van der Waals surface area contributed by atoms with Gasteiger partial charge in [-0.3, -0.25) is 0 Å². The van der Waals surface area contributed by atoms with Gasteiger partial charge < -0.3 is 14.8 Å². The number of anilines is 1. The minimum Gasteiger partial charge on any atom is -0.388 e. The van der Waals surface area contributed by atoms with E-state index in [9.17, 15) is 0 Å². The van der Waals surface area contributed by atoms with Crippen LogP contribution in [0.2, 0.25) is 0 Å². The number of aryl methyl sites for hydroxylation is 2. The van der Waals surface area contributed by atoms with Crippen molar-refractivity contribution in [3.63, 3.8) is 0 Å². The maximum Gasteiger partial charge on any atom is 0.0483 e. The van der Waals surface area contributed by atoms with Crippen molar-refractivity contribution in [1.82, 2.24) is 9.47 Å². The zero-order valence-corrected chi connectivity index (χ0v) is 13.8. The molecule has 0 saturated carbocycles. The zero-order valence-electron chi connectivity index (χ0n) is 13.8. The fourth-order valence-electron chi connectivity index (χ4n) is 3.11. The summed E-state index contributed by atoms with van der Waals surface area (Å²) in [7, 11) is 6.24. The Kier molecular flexibility index (Phi) is 4.34. The molecule has 0 atom stereocenters. The smallest absolute Gasteiger partial charge is 0.0483 e. The van der Waals surface area contributed by atoms with E-state index in [1.807, 2.05) is 7.05 Å². The summed E-state index contributed by atoms with van der Waals surface area (Å²) in [6.07, 6.45) is 6.75. The summed E-state index contributed by atoms with van der Waals surface area (Å²) in [5.74, 6) is 0. The van der Waals surface area contributed by atoms with Crippen LogP contribution in [0.5, 0.6) is 0 Å².